The molecule has 16 heavy (non-hydrogen) atoms. The first-order valence-electron chi connectivity index (χ1n) is 5.33. The van der Waals surface area contributed by atoms with Gasteiger partial charge in [-0.3, -0.25) is 4.79 Å². The maximum Gasteiger partial charge on any atom is 0.320 e. The number of rotatable bonds is 1. The van der Waals surface area contributed by atoms with Crippen LogP contribution in [0.5, 0.6) is 0 Å². The van der Waals surface area contributed by atoms with Crippen LogP contribution in [0.1, 0.15) is 19.4 Å². The normalized spacial score (nSPS) is 16.5. The van der Waals surface area contributed by atoms with Crippen molar-refractivity contribution in [1.29, 1.82) is 0 Å². The van der Waals surface area contributed by atoms with Crippen molar-refractivity contribution < 1.29 is 4.79 Å². The summed E-state index contributed by atoms with van der Waals surface area (Å²) >= 11 is 5.46. The molecule has 4 heteroatoms. The average molecular weight is 235 g/mol. The number of hydrogen-bond donors (Lipinski definition) is 0. The van der Waals surface area contributed by atoms with Gasteiger partial charge in [0.15, 0.2) is 7.28 Å². The Hall–Kier alpha value is -0.955. The summed E-state index contributed by atoms with van der Waals surface area (Å²) in [4.78, 5) is 12.5. The van der Waals surface area contributed by atoms with Gasteiger partial charge in [-0.25, -0.2) is 0 Å². The van der Waals surface area contributed by atoms with Crippen LogP contribution in [-0.2, 0) is 5.41 Å². The van der Waals surface area contributed by atoms with Gasteiger partial charge >= 0.3 is 5.37 Å². The van der Waals surface area contributed by atoms with Crippen molar-refractivity contribution in [2.45, 2.75) is 25.6 Å². The molecule has 0 atom stereocenters. The van der Waals surface area contributed by atoms with Gasteiger partial charge < -0.3 is 4.90 Å². The summed E-state index contributed by atoms with van der Waals surface area (Å²) in [5, 5.41) is -0.459. The zero-order chi connectivity index (χ0) is 11.9. The van der Waals surface area contributed by atoms with Crippen molar-refractivity contribution in [2.75, 3.05) is 11.9 Å². The second kappa shape index (κ2) is 3.81. The molecule has 2 rings (SSSR count). The van der Waals surface area contributed by atoms with E-state index in [2.05, 4.69) is 33.3 Å². The maximum absolute atomic E-state index is 11.1. The number of hydrogen-bond acceptors (Lipinski definition) is 1. The molecule has 1 aromatic carbocycles. The highest BCUT2D eigenvalue weighted by Crippen LogP contribution is 2.33. The van der Waals surface area contributed by atoms with E-state index >= 15 is 0 Å². The van der Waals surface area contributed by atoms with Gasteiger partial charge in [0.2, 0.25) is 0 Å². The van der Waals surface area contributed by atoms with Crippen LogP contribution in [-0.4, -0.2) is 19.7 Å². The van der Waals surface area contributed by atoms with E-state index in [1.165, 1.54) is 15.9 Å². The molecule has 0 fully saturated rings. The minimum absolute atomic E-state index is 0.154. The number of carbonyl (C=O) groups excluding carboxylic acids is 1. The van der Waals surface area contributed by atoms with E-state index in [-0.39, 0.29) is 5.41 Å². The van der Waals surface area contributed by atoms with Crippen LogP contribution in [0, 0.1) is 0 Å². The Morgan fingerprint density at radius 2 is 2.19 bits per heavy atom. The maximum atomic E-state index is 11.1. The molecule has 1 amide bonds. The number of halogens is 1. The number of carbonyl (C=O) groups is 1. The van der Waals surface area contributed by atoms with Crippen LogP contribution < -0.4 is 10.4 Å². The van der Waals surface area contributed by atoms with Crippen molar-refractivity contribution in [3.63, 3.8) is 0 Å². The molecule has 0 N–H and O–H groups in total. The van der Waals surface area contributed by atoms with E-state index in [1.807, 2.05) is 6.07 Å². The molecule has 1 aromatic rings. The molecular formula is C12H14BClNO. The Labute approximate surface area is 102 Å². The van der Waals surface area contributed by atoms with Gasteiger partial charge in [0.25, 0.3) is 0 Å². The zero-order valence-electron chi connectivity index (χ0n) is 9.75. The molecule has 83 valence electrons. The fourth-order valence-electron chi connectivity index (χ4n) is 2.09. The van der Waals surface area contributed by atoms with E-state index in [1.54, 1.807) is 7.05 Å². The number of anilines is 1. The predicted molar refractivity (Wildman–Crippen MR) is 69.3 cm³/mol. The lowest BCUT2D eigenvalue weighted by Crippen LogP contribution is -2.22. The topological polar surface area (TPSA) is 20.3 Å². The third kappa shape index (κ3) is 1.84. The number of amides is 1. The number of benzene rings is 1. The molecule has 0 bridgehead atoms. The SMILES string of the molecule is CN(C(=O)Cl)c1ccc2c(c1)C(C)(C)C[B]2. The molecule has 0 unspecified atom stereocenters. The summed E-state index contributed by atoms with van der Waals surface area (Å²) in [5.74, 6) is 0. The Morgan fingerprint density at radius 3 is 2.81 bits per heavy atom. The van der Waals surface area contributed by atoms with Crippen molar-refractivity contribution in [3.8, 4) is 0 Å². The summed E-state index contributed by atoms with van der Waals surface area (Å²) in [6, 6.07) is 6.03. The quantitative estimate of drug-likeness (QED) is 0.415. The van der Waals surface area contributed by atoms with Crippen molar-refractivity contribution in [1.82, 2.24) is 0 Å². The minimum atomic E-state index is -0.459. The second-order valence-electron chi connectivity index (χ2n) is 4.88. The Bertz CT molecular complexity index is 445. The highest BCUT2D eigenvalue weighted by molar-refractivity contribution is 6.66. The lowest BCUT2D eigenvalue weighted by Gasteiger charge is -2.22. The molecule has 0 saturated carbocycles. The van der Waals surface area contributed by atoms with Crippen molar-refractivity contribution in [2.24, 2.45) is 0 Å². The monoisotopic (exact) mass is 234 g/mol. The summed E-state index contributed by atoms with van der Waals surface area (Å²) in [6.45, 7) is 4.42. The van der Waals surface area contributed by atoms with E-state index in [0.717, 1.165) is 12.0 Å². The summed E-state index contributed by atoms with van der Waals surface area (Å²) in [7, 11) is 3.92. The highest BCUT2D eigenvalue weighted by atomic mass is 35.5. The fraction of sp³-hybridized carbons (Fsp3) is 0.417. The van der Waals surface area contributed by atoms with Crippen LogP contribution in [0.2, 0.25) is 6.32 Å². The smallest absolute Gasteiger partial charge is 0.302 e. The van der Waals surface area contributed by atoms with Gasteiger partial charge in [0.05, 0.1) is 0 Å². The zero-order valence-corrected chi connectivity index (χ0v) is 10.5. The molecule has 1 heterocycles. The molecule has 1 radical (unpaired) electrons. The molecule has 0 aliphatic carbocycles. The lowest BCUT2D eigenvalue weighted by atomic mass is 9.69. The minimum Gasteiger partial charge on any atom is -0.302 e. The van der Waals surface area contributed by atoms with Gasteiger partial charge in [0.1, 0.15) is 0 Å². The molecule has 0 aromatic heterocycles. The summed E-state index contributed by atoms with van der Waals surface area (Å²) < 4.78 is 0. The van der Waals surface area contributed by atoms with E-state index in [9.17, 15) is 4.79 Å². The van der Waals surface area contributed by atoms with E-state index in [0.29, 0.717) is 0 Å². The number of nitrogens with zero attached hydrogens (tertiary/aromatic N) is 1. The summed E-state index contributed by atoms with van der Waals surface area (Å²) in [6.07, 6.45) is 1.05. The van der Waals surface area contributed by atoms with E-state index < -0.39 is 5.37 Å². The summed E-state index contributed by atoms with van der Waals surface area (Å²) in [5.41, 5.74) is 3.56. The molecule has 0 saturated heterocycles. The van der Waals surface area contributed by atoms with Crippen LogP contribution >= 0.6 is 11.6 Å². The van der Waals surface area contributed by atoms with Gasteiger partial charge in [-0.1, -0.05) is 31.7 Å². The van der Waals surface area contributed by atoms with Crippen LogP contribution in [0.3, 0.4) is 0 Å². The third-order valence-electron chi connectivity index (χ3n) is 3.25. The van der Waals surface area contributed by atoms with Crippen LogP contribution in [0.15, 0.2) is 18.2 Å². The highest BCUT2D eigenvalue weighted by Gasteiger charge is 2.30. The lowest BCUT2D eigenvalue weighted by molar-refractivity contribution is 0.265. The Balaban J connectivity index is 2.43. The Morgan fingerprint density at radius 1 is 1.50 bits per heavy atom. The second-order valence-corrected chi connectivity index (χ2v) is 5.20. The van der Waals surface area contributed by atoms with Crippen LogP contribution in [0.4, 0.5) is 10.5 Å². The van der Waals surface area contributed by atoms with Crippen LogP contribution in [0.25, 0.3) is 0 Å². The molecule has 1 aliphatic heterocycles. The predicted octanol–water partition coefficient (Wildman–Crippen LogP) is 2.52. The first-order valence-corrected chi connectivity index (χ1v) is 5.70. The molecule has 1 aliphatic rings. The van der Waals surface area contributed by atoms with Crippen molar-refractivity contribution >= 4 is 35.4 Å². The molecule has 0 spiro atoms. The fourth-order valence-corrected chi connectivity index (χ4v) is 2.19. The van der Waals surface area contributed by atoms with Gasteiger partial charge in [-0.2, -0.15) is 0 Å². The number of fused-ring (bicyclic) bond motifs is 1. The molecule has 2 nitrogen and oxygen atoms in total. The standard InChI is InChI=1S/C12H14BClNO/c1-12(2)7-13-10-5-4-8(6-9(10)12)15(3)11(14)16/h4-6H,7H2,1-3H3. The van der Waals surface area contributed by atoms with Crippen molar-refractivity contribution in [3.05, 3.63) is 23.8 Å². The van der Waals surface area contributed by atoms with E-state index in [4.69, 9.17) is 11.6 Å². The largest absolute Gasteiger partial charge is 0.320 e. The first-order chi connectivity index (χ1) is 7.42. The molecular weight excluding hydrogens is 220 g/mol. The Kier molecular flexibility index (Phi) is 2.75. The van der Waals surface area contributed by atoms with Gasteiger partial charge in [0, 0.05) is 12.7 Å². The average Bonchev–Trinajstić information content (AvgIpc) is 2.53. The van der Waals surface area contributed by atoms with Gasteiger partial charge in [-0.05, 0) is 34.7 Å². The first kappa shape index (κ1) is 11.5. The third-order valence-corrected chi connectivity index (χ3v) is 3.50. The van der Waals surface area contributed by atoms with Gasteiger partial charge in [-0.15, -0.1) is 0 Å².